The number of rotatable bonds is 6. The van der Waals surface area contributed by atoms with Gasteiger partial charge in [-0.25, -0.2) is 4.39 Å². The lowest BCUT2D eigenvalue weighted by molar-refractivity contribution is -0.149. The van der Waals surface area contributed by atoms with Crippen LogP contribution in [0.3, 0.4) is 0 Å². The van der Waals surface area contributed by atoms with Crippen molar-refractivity contribution in [1.82, 2.24) is 4.90 Å². The van der Waals surface area contributed by atoms with Crippen LogP contribution in [-0.4, -0.2) is 56.0 Å². The Kier molecular flexibility index (Phi) is 6.95. The SMILES string of the molecule is COc1ccc([C@@H]2[C@@H](CO)OCCN2C(=O)Cc2c(F)cccc2Cl)cc1OC. The fourth-order valence-corrected chi connectivity index (χ4v) is 3.78. The molecule has 29 heavy (non-hydrogen) atoms. The molecular formula is C21H23ClFNO5. The molecule has 0 unspecified atom stereocenters. The molecule has 1 amide bonds. The zero-order valence-corrected chi connectivity index (χ0v) is 17.0. The molecule has 0 bridgehead atoms. The van der Waals surface area contributed by atoms with Crippen molar-refractivity contribution < 1.29 is 28.5 Å². The Balaban J connectivity index is 1.94. The summed E-state index contributed by atoms with van der Waals surface area (Å²) in [5.74, 6) is 0.209. The van der Waals surface area contributed by atoms with Crippen molar-refractivity contribution in [2.45, 2.75) is 18.6 Å². The zero-order valence-electron chi connectivity index (χ0n) is 16.2. The quantitative estimate of drug-likeness (QED) is 0.773. The molecule has 8 heteroatoms. The average molecular weight is 424 g/mol. The van der Waals surface area contributed by atoms with Gasteiger partial charge in [-0.15, -0.1) is 0 Å². The average Bonchev–Trinajstić information content (AvgIpc) is 2.75. The molecule has 1 N–H and O–H groups in total. The van der Waals surface area contributed by atoms with E-state index in [2.05, 4.69) is 0 Å². The van der Waals surface area contributed by atoms with Crippen molar-refractivity contribution in [2.24, 2.45) is 0 Å². The highest BCUT2D eigenvalue weighted by Gasteiger charge is 2.36. The fourth-order valence-electron chi connectivity index (χ4n) is 3.55. The van der Waals surface area contributed by atoms with E-state index in [0.29, 0.717) is 18.0 Å². The van der Waals surface area contributed by atoms with E-state index in [1.165, 1.54) is 26.4 Å². The van der Waals surface area contributed by atoms with E-state index in [9.17, 15) is 14.3 Å². The lowest BCUT2D eigenvalue weighted by Gasteiger charge is -2.41. The van der Waals surface area contributed by atoms with Crippen LogP contribution in [0.25, 0.3) is 0 Å². The lowest BCUT2D eigenvalue weighted by Crippen LogP contribution is -2.50. The summed E-state index contributed by atoms with van der Waals surface area (Å²) >= 11 is 6.09. The first-order valence-electron chi connectivity index (χ1n) is 9.16. The number of methoxy groups -OCH3 is 2. The van der Waals surface area contributed by atoms with E-state index in [1.54, 1.807) is 29.2 Å². The molecule has 1 saturated heterocycles. The van der Waals surface area contributed by atoms with Gasteiger partial charge < -0.3 is 24.2 Å². The second-order valence-corrected chi connectivity index (χ2v) is 7.02. The number of ether oxygens (including phenoxy) is 3. The fraction of sp³-hybridized carbons (Fsp3) is 0.381. The highest BCUT2D eigenvalue weighted by Crippen LogP contribution is 2.36. The van der Waals surface area contributed by atoms with E-state index in [-0.39, 0.29) is 36.1 Å². The number of hydrogen-bond acceptors (Lipinski definition) is 5. The summed E-state index contributed by atoms with van der Waals surface area (Å²) in [4.78, 5) is 14.7. The Morgan fingerprint density at radius 3 is 2.69 bits per heavy atom. The first kappa shape index (κ1) is 21.4. The molecule has 156 valence electrons. The van der Waals surface area contributed by atoms with Gasteiger partial charge in [0.25, 0.3) is 0 Å². The van der Waals surface area contributed by atoms with E-state index >= 15 is 0 Å². The number of amides is 1. The van der Waals surface area contributed by atoms with E-state index < -0.39 is 18.0 Å². The molecule has 0 radical (unpaired) electrons. The van der Waals surface area contributed by atoms with E-state index in [0.717, 1.165) is 5.56 Å². The van der Waals surface area contributed by atoms with Gasteiger partial charge in [0, 0.05) is 17.1 Å². The van der Waals surface area contributed by atoms with Gasteiger partial charge in [-0.3, -0.25) is 4.79 Å². The van der Waals surface area contributed by atoms with Crippen LogP contribution in [0.5, 0.6) is 11.5 Å². The summed E-state index contributed by atoms with van der Waals surface area (Å²) in [7, 11) is 3.05. The number of nitrogens with zero attached hydrogens (tertiary/aromatic N) is 1. The van der Waals surface area contributed by atoms with Crippen molar-refractivity contribution in [3.63, 3.8) is 0 Å². The predicted molar refractivity (Wildman–Crippen MR) is 106 cm³/mol. The molecule has 1 fully saturated rings. The Labute approximate surface area is 173 Å². The number of morpholine rings is 1. The zero-order chi connectivity index (χ0) is 21.0. The number of halogens is 2. The van der Waals surface area contributed by atoms with Gasteiger partial charge >= 0.3 is 0 Å². The van der Waals surface area contributed by atoms with Gasteiger partial charge in [0.1, 0.15) is 11.9 Å². The van der Waals surface area contributed by atoms with Crippen molar-refractivity contribution in [3.8, 4) is 11.5 Å². The largest absolute Gasteiger partial charge is 0.493 e. The first-order chi connectivity index (χ1) is 14.0. The summed E-state index contributed by atoms with van der Waals surface area (Å²) in [5.41, 5.74) is 0.867. The third-order valence-corrected chi connectivity index (χ3v) is 5.35. The highest BCUT2D eigenvalue weighted by molar-refractivity contribution is 6.31. The molecule has 1 aliphatic heterocycles. The van der Waals surface area contributed by atoms with Crippen LogP contribution in [0, 0.1) is 5.82 Å². The number of carbonyl (C=O) groups is 1. The van der Waals surface area contributed by atoms with Crippen molar-refractivity contribution in [1.29, 1.82) is 0 Å². The van der Waals surface area contributed by atoms with Gasteiger partial charge in [0.15, 0.2) is 11.5 Å². The maximum atomic E-state index is 14.2. The molecule has 2 atom stereocenters. The standard InChI is InChI=1S/C21H23ClFNO5/c1-27-17-7-6-13(10-18(17)28-2)21-19(12-25)29-9-8-24(21)20(26)11-14-15(22)4-3-5-16(14)23/h3-7,10,19,21,25H,8-9,11-12H2,1-2H3/t19-,21-/m1/s1. The summed E-state index contributed by atoms with van der Waals surface area (Å²) in [6, 6.07) is 9.02. The Bertz CT molecular complexity index is 858. The summed E-state index contributed by atoms with van der Waals surface area (Å²) < 4.78 is 30.5. The van der Waals surface area contributed by atoms with Crippen LogP contribution >= 0.6 is 11.6 Å². The van der Waals surface area contributed by atoms with Crippen LogP contribution in [-0.2, 0) is 16.0 Å². The van der Waals surface area contributed by atoms with E-state index in [4.69, 9.17) is 25.8 Å². The minimum atomic E-state index is -0.623. The minimum Gasteiger partial charge on any atom is -0.493 e. The summed E-state index contributed by atoms with van der Waals surface area (Å²) in [6.45, 7) is 0.301. The highest BCUT2D eigenvalue weighted by atomic mass is 35.5. The third-order valence-electron chi connectivity index (χ3n) is 4.99. The molecule has 6 nitrogen and oxygen atoms in total. The van der Waals surface area contributed by atoms with Crippen molar-refractivity contribution >= 4 is 17.5 Å². The smallest absolute Gasteiger partial charge is 0.227 e. The molecule has 1 aliphatic rings. The third kappa shape index (κ3) is 4.47. The second kappa shape index (κ2) is 9.43. The monoisotopic (exact) mass is 423 g/mol. The number of carbonyl (C=O) groups excluding carboxylic acids is 1. The number of aliphatic hydroxyl groups is 1. The van der Waals surface area contributed by atoms with Crippen LogP contribution in [0.1, 0.15) is 17.2 Å². The predicted octanol–water partition coefficient (Wildman–Crippen LogP) is 3.00. The maximum Gasteiger partial charge on any atom is 0.227 e. The molecule has 0 spiro atoms. The van der Waals surface area contributed by atoms with Gasteiger partial charge in [-0.2, -0.15) is 0 Å². The molecule has 0 aliphatic carbocycles. The topological polar surface area (TPSA) is 68.2 Å². The number of aliphatic hydroxyl groups excluding tert-OH is 1. The first-order valence-corrected chi connectivity index (χ1v) is 9.54. The lowest BCUT2D eigenvalue weighted by atomic mass is 9.96. The van der Waals surface area contributed by atoms with Crippen LogP contribution < -0.4 is 9.47 Å². The van der Waals surface area contributed by atoms with Gasteiger partial charge in [-0.1, -0.05) is 23.7 Å². The molecule has 2 aromatic carbocycles. The number of hydrogen-bond donors (Lipinski definition) is 1. The summed E-state index contributed by atoms with van der Waals surface area (Å²) in [6.07, 6.45) is -0.810. The molecule has 1 heterocycles. The minimum absolute atomic E-state index is 0.150. The van der Waals surface area contributed by atoms with Crippen LogP contribution in [0.4, 0.5) is 4.39 Å². The van der Waals surface area contributed by atoms with Crippen LogP contribution in [0.2, 0.25) is 5.02 Å². The molecular weight excluding hydrogens is 401 g/mol. The van der Waals surface area contributed by atoms with Crippen molar-refractivity contribution in [3.05, 3.63) is 58.4 Å². The Morgan fingerprint density at radius 2 is 2.03 bits per heavy atom. The van der Waals surface area contributed by atoms with Gasteiger partial charge in [0.2, 0.25) is 5.91 Å². The molecule has 2 aromatic rings. The summed E-state index contributed by atoms with van der Waals surface area (Å²) in [5, 5.41) is 10.0. The maximum absolute atomic E-state index is 14.2. The Hall–Kier alpha value is -2.35. The van der Waals surface area contributed by atoms with Gasteiger partial charge in [0.05, 0.1) is 39.9 Å². The normalized spacial score (nSPS) is 19.1. The van der Waals surface area contributed by atoms with Crippen LogP contribution in [0.15, 0.2) is 36.4 Å². The molecule has 0 aromatic heterocycles. The van der Waals surface area contributed by atoms with Crippen molar-refractivity contribution in [2.75, 3.05) is 34.0 Å². The molecule has 0 saturated carbocycles. The van der Waals surface area contributed by atoms with Gasteiger partial charge in [-0.05, 0) is 29.8 Å². The Morgan fingerprint density at radius 1 is 1.28 bits per heavy atom. The van der Waals surface area contributed by atoms with E-state index in [1.807, 2.05) is 0 Å². The molecule has 3 rings (SSSR count). The second-order valence-electron chi connectivity index (χ2n) is 6.62. The number of benzene rings is 2.